The maximum atomic E-state index is 12.2. The van der Waals surface area contributed by atoms with E-state index in [0.29, 0.717) is 12.1 Å². The molecule has 0 radical (unpaired) electrons. The van der Waals surface area contributed by atoms with Crippen LogP contribution in [0.25, 0.3) is 10.8 Å². The minimum atomic E-state index is -0.565. The van der Waals surface area contributed by atoms with Gasteiger partial charge in [0.05, 0.1) is 12.7 Å². The summed E-state index contributed by atoms with van der Waals surface area (Å²) in [5.41, 5.74) is 1.31. The fraction of sp³-hybridized carbons (Fsp3) is 0.190. The molecule has 27 heavy (non-hydrogen) atoms. The van der Waals surface area contributed by atoms with Crippen molar-refractivity contribution in [2.45, 2.75) is 6.54 Å². The molecule has 0 N–H and O–H groups in total. The summed E-state index contributed by atoms with van der Waals surface area (Å²) in [6.45, 7) is 0.111. The molecule has 0 fully saturated rings. The Morgan fingerprint density at radius 2 is 1.85 bits per heavy atom. The van der Waals surface area contributed by atoms with Crippen molar-refractivity contribution in [1.82, 2.24) is 9.88 Å². The predicted octanol–water partition coefficient (Wildman–Crippen LogP) is 3.06. The summed E-state index contributed by atoms with van der Waals surface area (Å²) in [4.78, 5) is 29.5. The number of hydrogen-bond acceptors (Lipinski definition) is 5. The number of benzene rings is 2. The molecular weight excluding hydrogens is 344 g/mol. The minimum absolute atomic E-state index is 0.276. The number of rotatable bonds is 6. The number of fused-ring (bicyclic) bond motifs is 1. The van der Waals surface area contributed by atoms with Crippen LogP contribution in [0, 0.1) is 0 Å². The Balaban J connectivity index is 1.59. The number of likely N-dealkylation sites (N-methyl/N-ethyl adjacent to an activating group) is 1. The zero-order valence-electron chi connectivity index (χ0n) is 15.2. The van der Waals surface area contributed by atoms with Crippen molar-refractivity contribution in [2.75, 3.05) is 20.8 Å². The SMILES string of the molecule is COc1ccc2cc(CN(C)C(=O)COC(=O)c3cccnc3)ccc2c1. The molecule has 0 spiro atoms. The highest BCUT2D eigenvalue weighted by Gasteiger charge is 2.14. The van der Waals surface area contributed by atoms with Crippen molar-refractivity contribution < 1.29 is 19.1 Å². The van der Waals surface area contributed by atoms with Crippen LogP contribution in [0.2, 0.25) is 0 Å². The van der Waals surface area contributed by atoms with Crippen molar-refractivity contribution in [3.05, 3.63) is 72.1 Å². The number of aromatic nitrogens is 1. The molecule has 0 atom stereocenters. The second-order valence-electron chi connectivity index (χ2n) is 6.12. The number of amides is 1. The zero-order valence-corrected chi connectivity index (χ0v) is 15.2. The summed E-state index contributed by atoms with van der Waals surface area (Å²) >= 11 is 0. The maximum absolute atomic E-state index is 12.2. The van der Waals surface area contributed by atoms with Gasteiger partial charge in [-0.05, 0) is 46.7 Å². The van der Waals surface area contributed by atoms with E-state index in [0.717, 1.165) is 22.1 Å². The van der Waals surface area contributed by atoms with Gasteiger partial charge in [-0.15, -0.1) is 0 Å². The first kappa shape index (κ1) is 18.4. The summed E-state index contributed by atoms with van der Waals surface area (Å²) in [6.07, 6.45) is 2.97. The van der Waals surface area contributed by atoms with Gasteiger partial charge in [-0.25, -0.2) is 4.79 Å². The molecule has 6 heteroatoms. The first-order valence-electron chi connectivity index (χ1n) is 8.44. The van der Waals surface area contributed by atoms with Crippen molar-refractivity contribution in [3.63, 3.8) is 0 Å². The fourth-order valence-electron chi connectivity index (χ4n) is 2.66. The summed E-state index contributed by atoms with van der Waals surface area (Å²) in [5.74, 6) is -0.0375. The molecule has 0 aliphatic carbocycles. The van der Waals surface area contributed by atoms with E-state index in [9.17, 15) is 9.59 Å². The number of carbonyl (C=O) groups is 2. The first-order valence-corrected chi connectivity index (χ1v) is 8.44. The van der Waals surface area contributed by atoms with Gasteiger partial charge in [-0.2, -0.15) is 0 Å². The molecule has 1 heterocycles. The Morgan fingerprint density at radius 1 is 1.07 bits per heavy atom. The predicted molar refractivity (Wildman–Crippen MR) is 101 cm³/mol. The van der Waals surface area contributed by atoms with Gasteiger partial charge in [0, 0.05) is 26.0 Å². The van der Waals surface area contributed by atoms with Crippen LogP contribution in [-0.4, -0.2) is 42.5 Å². The van der Waals surface area contributed by atoms with Crippen molar-refractivity contribution >= 4 is 22.6 Å². The van der Waals surface area contributed by atoms with Gasteiger partial charge in [0.15, 0.2) is 6.61 Å². The molecule has 0 unspecified atom stereocenters. The lowest BCUT2D eigenvalue weighted by molar-refractivity contribution is -0.133. The highest BCUT2D eigenvalue weighted by atomic mass is 16.5. The number of nitrogens with zero attached hydrogens (tertiary/aromatic N) is 2. The Labute approximate surface area is 157 Å². The Kier molecular flexibility index (Phi) is 5.66. The fourth-order valence-corrected chi connectivity index (χ4v) is 2.66. The quantitative estimate of drug-likeness (QED) is 0.629. The van der Waals surface area contributed by atoms with E-state index in [2.05, 4.69) is 4.98 Å². The van der Waals surface area contributed by atoms with Crippen LogP contribution in [0.4, 0.5) is 0 Å². The Bertz CT molecular complexity index is 957. The number of esters is 1. The van der Waals surface area contributed by atoms with E-state index in [1.165, 1.54) is 11.1 Å². The van der Waals surface area contributed by atoms with Gasteiger partial charge >= 0.3 is 5.97 Å². The third-order valence-corrected chi connectivity index (χ3v) is 4.18. The molecule has 2 aromatic carbocycles. The largest absolute Gasteiger partial charge is 0.497 e. The van der Waals surface area contributed by atoms with Crippen LogP contribution in [0.3, 0.4) is 0 Å². The summed E-state index contributed by atoms with van der Waals surface area (Å²) in [5, 5.41) is 2.13. The molecule has 3 aromatic rings. The number of ether oxygens (including phenoxy) is 2. The van der Waals surface area contributed by atoms with Gasteiger partial charge in [-0.1, -0.05) is 18.2 Å². The average molecular weight is 364 g/mol. The normalized spacial score (nSPS) is 10.4. The Morgan fingerprint density at radius 3 is 2.59 bits per heavy atom. The summed E-state index contributed by atoms with van der Waals surface area (Å²) in [6, 6.07) is 15.1. The molecule has 0 aliphatic rings. The molecule has 0 saturated carbocycles. The lowest BCUT2D eigenvalue weighted by atomic mass is 10.1. The van der Waals surface area contributed by atoms with Crippen LogP contribution >= 0.6 is 0 Å². The summed E-state index contributed by atoms with van der Waals surface area (Å²) in [7, 11) is 3.32. The standard InChI is InChI=1S/C21H20N2O4/c1-23(20(24)14-27-21(25)18-4-3-9-22-12-18)13-15-5-6-17-11-19(26-2)8-7-16(17)10-15/h3-12H,13-14H2,1-2H3. The third kappa shape index (κ3) is 4.61. The lowest BCUT2D eigenvalue weighted by Crippen LogP contribution is -2.30. The van der Waals surface area contributed by atoms with Crippen LogP contribution < -0.4 is 4.74 Å². The van der Waals surface area contributed by atoms with E-state index < -0.39 is 5.97 Å². The molecule has 0 bridgehead atoms. The second kappa shape index (κ2) is 8.31. The molecule has 6 nitrogen and oxygen atoms in total. The Hall–Kier alpha value is -3.41. The van der Waals surface area contributed by atoms with E-state index >= 15 is 0 Å². The summed E-state index contributed by atoms with van der Waals surface area (Å²) < 4.78 is 10.3. The number of pyridine rings is 1. The van der Waals surface area contributed by atoms with Gasteiger partial charge in [-0.3, -0.25) is 9.78 Å². The number of hydrogen-bond donors (Lipinski definition) is 0. The molecule has 1 amide bonds. The highest BCUT2D eigenvalue weighted by Crippen LogP contribution is 2.22. The van der Waals surface area contributed by atoms with Crippen LogP contribution in [-0.2, 0) is 16.1 Å². The van der Waals surface area contributed by atoms with Gasteiger partial charge < -0.3 is 14.4 Å². The first-order chi connectivity index (χ1) is 13.1. The van der Waals surface area contributed by atoms with E-state index in [-0.39, 0.29) is 12.5 Å². The highest BCUT2D eigenvalue weighted by molar-refractivity contribution is 5.91. The number of methoxy groups -OCH3 is 1. The topological polar surface area (TPSA) is 68.7 Å². The molecule has 138 valence electrons. The van der Waals surface area contributed by atoms with Crippen LogP contribution in [0.5, 0.6) is 5.75 Å². The van der Waals surface area contributed by atoms with Crippen LogP contribution in [0.1, 0.15) is 15.9 Å². The molecule has 0 saturated heterocycles. The zero-order chi connectivity index (χ0) is 19.2. The van der Waals surface area contributed by atoms with Crippen molar-refractivity contribution in [3.8, 4) is 5.75 Å². The number of carbonyl (C=O) groups excluding carboxylic acids is 2. The monoisotopic (exact) mass is 364 g/mol. The van der Waals surface area contributed by atoms with Gasteiger partial charge in [0.2, 0.25) is 0 Å². The third-order valence-electron chi connectivity index (χ3n) is 4.18. The van der Waals surface area contributed by atoms with Gasteiger partial charge in [0.1, 0.15) is 5.75 Å². The molecule has 1 aromatic heterocycles. The van der Waals surface area contributed by atoms with E-state index in [1.54, 1.807) is 32.5 Å². The minimum Gasteiger partial charge on any atom is -0.497 e. The maximum Gasteiger partial charge on any atom is 0.340 e. The molecular formula is C21H20N2O4. The average Bonchev–Trinajstić information content (AvgIpc) is 2.71. The van der Waals surface area contributed by atoms with Crippen LogP contribution in [0.15, 0.2) is 60.9 Å². The van der Waals surface area contributed by atoms with Crippen molar-refractivity contribution in [2.24, 2.45) is 0 Å². The molecule has 0 aliphatic heterocycles. The van der Waals surface area contributed by atoms with E-state index in [4.69, 9.17) is 9.47 Å². The molecule has 3 rings (SSSR count). The lowest BCUT2D eigenvalue weighted by Gasteiger charge is -2.17. The van der Waals surface area contributed by atoms with E-state index in [1.807, 2.05) is 36.4 Å². The van der Waals surface area contributed by atoms with Crippen molar-refractivity contribution in [1.29, 1.82) is 0 Å². The second-order valence-corrected chi connectivity index (χ2v) is 6.12. The van der Waals surface area contributed by atoms with Gasteiger partial charge in [0.25, 0.3) is 5.91 Å². The smallest absolute Gasteiger partial charge is 0.340 e.